The molecular weight excluding hydrogens is 206 g/mol. The summed E-state index contributed by atoms with van der Waals surface area (Å²) in [6.07, 6.45) is 0.906. The number of phenols is 1. The minimum absolute atomic E-state index is 0.0110. The van der Waals surface area contributed by atoms with Gasteiger partial charge in [-0.05, 0) is 12.1 Å². The summed E-state index contributed by atoms with van der Waals surface area (Å²) < 4.78 is 0. The van der Waals surface area contributed by atoms with Crippen LogP contribution in [-0.2, 0) is 0 Å². The van der Waals surface area contributed by atoms with E-state index >= 15 is 0 Å². The zero-order valence-electron chi connectivity index (χ0n) is 8.69. The molecule has 0 atom stereocenters. The van der Waals surface area contributed by atoms with Gasteiger partial charge in [0.25, 0.3) is 0 Å². The minimum Gasteiger partial charge on any atom is -0.507 e. The molecule has 0 aromatic heterocycles. The fourth-order valence-corrected chi connectivity index (χ4v) is 2.48. The number of rotatable bonds is 0. The Bertz CT molecular complexity index is 505. The Kier molecular flexibility index (Phi) is 1.80. The largest absolute Gasteiger partial charge is 0.507 e. The quantitative estimate of drug-likeness (QED) is 0.713. The third kappa shape index (κ3) is 1.10. The Balaban J connectivity index is 2.33. The number of Topliss-reactive ketones (excluding diaryl/α,β-unsaturated/α-hetero) is 2. The van der Waals surface area contributed by atoms with Crippen molar-refractivity contribution in [3.05, 3.63) is 23.3 Å². The summed E-state index contributed by atoms with van der Waals surface area (Å²) in [6, 6.07) is 3.06. The van der Waals surface area contributed by atoms with Crippen LogP contribution in [0, 0.1) is 0 Å². The van der Waals surface area contributed by atoms with Crippen molar-refractivity contribution in [1.29, 1.82) is 0 Å². The fraction of sp³-hybridized carbons (Fsp3) is 0.333. The van der Waals surface area contributed by atoms with E-state index in [1.807, 2.05) is 4.90 Å². The van der Waals surface area contributed by atoms with Crippen LogP contribution in [0.3, 0.4) is 0 Å². The van der Waals surface area contributed by atoms with Crippen molar-refractivity contribution in [3.8, 4) is 5.75 Å². The van der Waals surface area contributed by atoms with Crippen LogP contribution in [0.15, 0.2) is 12.1 Å². The Morgan fingerprint density at radius 2 is 1.75 bits per heavy atom. The summed E-state index contributed by atoms with van der Waals surface area (Å²) in [5, 5.41) is 9.72. The molecule has 1 aromatic carbocycles. The first kappa shape index (κ1) is 9.39. The first-order chi connectivity index (χ1) is 7.68. The SMILES string of the molecule is O=C1CCN2CCC(=O)c3c(O)ccc1c32. The summed E-state index contributed by atoms with van der Waals surface area (Å²) in [7, 11) is 0. The highest BCUT2D eigenvalue weighted by Crippen LogP contribution is 2.39. The lowest BCUT2D eigenvalue weighted by molar-refractivity contribution is 0.0968. The van der Waals surface area contributed by atoms with Crippen LogP contribution in [-0.4, -0.2) is 29.8 Å². The number of carbonyl (C=O) groups is 2. The van der Waals surface area contributed by atoms with E-state index in [1.165, 1.54) is 6.07 Å². The predicted octanol–water partition coefficient (Wildman–Crippen LogP) is 1.37. The second-order valence-corrected chi connectivity index (χ2v) is 4.19. The van der Waals surface area contributed by atoms with Crippen LogP contribution in [0.25, 0.3) is 0 Å². The molecule has 0 fully saturated rings. The third-order valence-corrected chi connectivity index (χ3v) is 3.27. The lowest BCUT2D eigenvalue weighted by atomic mass is 9.90. The first-order valence-electron chi connectivity index (χ1n) is 5.36. The number of phenolic OH excluding ortho intramolecular Hbond substituents is 1. The van der Waals surface area contributed by atoms with Crippen LogP contribution in [0.2, 0.25) is 0 Å². The third-order valence-electron chi connectivity index (χ3n) is 3.27. The number of aromatic hydroxyl groups is 1. The van der Waals surface area contributed by atoms with Crippen LogP contribution >= 0.6 is 0 Å². The number of anilines is 1. The predicted molar refractivity (Wildman–Crippen MR) is 58.2 cm³/mol. The van der Waals surface area contributed by atoms with Crippen molar-refractivity contribution < 1.29 is 14.7 Å². The molecular formula is C12H11NO3. The minimum atomic E-state index is -0.0692. The maximum absolute atomic E-state index is 11.8. The van der Waals surface area contributed by atoms with Crippen molar-refractivity contribution in [2.75, 3.05) is 18.0 Å². The molecule has 82 valence electrons. The Morgan fingerprint density at radius 3 is 2.50 bits per heavy atom. The molecule has 0 amide bonds. The van der Waals surface area contributed by atoms with Crippen LogP contribution in [0.1, 0.15) is 33.6 Å². The van der Waals surface area contributed by atoms with Crippen LogP contribution < -0.4 is 4.90 Å². The molecule has 0 radical (unpaired) electrons. The van der Waals surface area contributed by atoms with Crippen molar-refractivity contribution in [2.45, 2.75) is 12.8 Å². The zero-order valence-corrected chi connectivity index (χ0v) is 8.69. The van der Waals surface area contributed by atoms with Crippen molar-refractivity contribution >= 4 is 17.3 Å². The first-order valence-corrected chi connectivity index (χ1v) is 5.36. The molecule has 1 N–H and O–H groups in total. The smallest absolute Gasteiger partial charge is 0.170 e. The van der Waals surface area contributed by atoms with Crippen LogP contribution in [0.5, 0.6) is 5.75 Å². The van der Waals surface area contributed by atoms with E-state index in [1.54, 1.807) is 6.07 Å². The maximum atomic E-state index is 11.8. The van der Waals surface area contributed by atoms with Gasteiger partial charge in [-0.15, -0.1) is 0 Å². The number of benzene rings is 1. The van der Waals surface area contributed by atoms with Gasteiger partial charge in [0.2, 0.25) is 0 Å². The lowest BCUT2D eigenvalue weighted by Gasteiger charge is -2.35. The molecule has 4 nitrogen and oxygen atoms in total. The molecule has 0 saturated heterocycles. The molecule has 2 heterocycles. The summed E-state index contributed by atoms with van der Waals surface area (Å²) in [4.78, 5) is 25.5. The molecule has 4 heteroatoms. The van der Waals surface area contributed by atoms with Gasteiger partial charge in [0.15, 0.2) is 11.6 Å². The van der Waals surface area contributed by atoms with E-state index in [4.69, 9.17) is 0 Å². The molecule has 0 unspecified atom stereocenters. The summed E-state index contributed by atoms with van der Waals surface area (Å²) in [6.45, 7) is 1.30. The molecule has 2 aliphatic rings. The van der Waals surface area contributed by atoms with Crippen LogP contribution in [0.4, 0.5) is 5.69 Å². The maximum Gasteiger partial charge on any atom is 0.170 e. The Morgan fingerprint density at radius 1 is 1.06 bits per heavy atom. The standard InChI is InChI=1S/C12H11NO3/c14-8-3-5-13-6-4-10(16)11-9(15)2-1-7(8)12(11)13/h1-2,15H,3-6H2. The van der Waals surface area contributed by atoms with Gasteiger partial charge >= 0.3 is 0 Å². The molecule has 1 aromatic rings. The number of hydrogen-bond acceptors (Lipinski definition) is 4. The van der Waals surface area contributed by atoms with Crippen molar-refractivity contribution in [3.63, 3.8) is 0 Å². The van der Waals surface area contributed by atoms with E-state index in [0.717, 1.165) is 0 Å². The number of nitrogens with zero attached hydrogens (tertiary/aromatic N) is 1. The zero-order chi connectivity index (χ0) is 11.3. The normalized spacial score (nSPS) is 18.6. The van der Waals surface area contributed by atoms with Gasteiger partial charge in [0.1, 0.15) is 5.75 Å². The summed E-state index contributed by atoms with van der Waals surface area (Å²) >= 11 is 0. The molecule has 3 rings (SSSR count). The number of ketones is 2. The molecule has 0 spiro atoms. The second kappa shape index (κ2) is 3.07. The van der Waals surface area contributed by atoms with E-state index in [-0.39, 0.29) is 17.3 Å². The van der Waals surface area contributed by atoms with E-state index in [2.05, 4.69) is 0 Å². The van der Waals surface area contributed by atoms with Crippen molar-refractivity contribution in [1.82, 2.24) is 0 Å². The lowest BCUT2D eigenvalue weighted by Crippen LogP contribution is -2.38. The molecule has 2 aliphatic heterocycles. The van der Waals surface area contributed by atoms with Gasteiger partial charge in [-0.25, -0.2) is 0 Å². The summed E-state index contributed by atoms with van der Waals surface area (Å²) in [5.74, 6) is -0.0225. The van der Waals surface area contributed by atoms with Gasteiger partial charge in [-0.1, -0.05) is 0 Å². The monoisotopic (exact) mass is 217 g/mol. The second-order valence-electron chi connectivity index (χ2n) is 4.19. The summed E-state index contributed by atoms with van der Waals surface area (Å²) in [5.41, 5.74) is 1.55. The van der Waals surface area contributed by atoms with E-state index in [0.29, 0.717) is 42.7 Å². The highest BCUT2D eigenvalue weighted by Gasteiger charge is 2.33. The van der Waals surface area contributed by atoms with Crippen molar-refractivity contribution in [2.24, 2.45) is 0 Å². The molecule has 0 bridgehead atoms. The van der Waals surface area contributed by atoms with Gasteiger partial charge in [-0.2, -0.15) is 0 Å². The van der Waals surface area contributed by atoms with Gasteiger partial charge < -0.3 is 10.0 Å². The Labute approximate surface area is 92.5 Å². The topological polar surface area (TPSA) is 57.6 Å². The highest BCUT2D eigenvalue weighted by atomic mass is 16.3. The average Bonchev–Trinajstić information content (AvgIpc) is 2.27. The van der Waals surface area contributed by atoms with Gasteiger partial charge in [-0.3, -0.25) is 9.59 Å². The van der Waals surface area contributed by atoms with Gasteiger partial charge in [0, 0.05) is 31.5 Å². The van der Waals surface area contributed by atoms with E-state index < -0.39 is 0 Å². The fourth-order valence-electron chi connectivity index (χ4n) is 2.48. The molecule has 16 heavy (non-hydrogen) atoms. The number of carbonyl (C=O) groups excluding carboxylic acids is 2. The molecule has 0 saturated carbocycles. The average molecular weight is 217 g/mol. The highest BCUT2D eigenvalue weighted by molar-refractivity contribution is 6.13. The number of hydrogen-bond donors (Lipinski definition) is 1. The Hall–Kier alpha value is -1.84. The van der Waals surface area contributed by atoms with Gasteiger partial charge in [0.05, 0.1) is 11.3 Å². The van der Waals surface area contributed by atoms with E-state index in [9.17, 15) is 14.7 Å². The molecule has 0 aliphatic carbocycles.